The molecule has 0 atom stereocenters. The molecule has 6 heteroatoms. The summed E-state index contributed by atoms with van der Waals surface area (Å²) < 4.78 is 11.3. The van der Waals surface area contributed by atoms with Gasteiger partial charge in [-0.25, -0.2) is 15.0 Å². The van der Waals surface area contributed by atoms with E-state index in [1.165, 1.54) is 42.3 Å². The smallest absolute Gasteiger partial charge is 0.167 e. The zero-order chi connectivity index (χ0) is 33.5. The maximum absolute atomic E-state index is 6.47. The van der Waals surface area contributed by atoms with Gasteiger partial charge in [0.05, 0.1) is 11.1 Å². The Hall–Kier alpha value is -6.37. The second-order valence-corrected chi connectivity index (χ2v) is 14.2. The average Bonchev–Trinajstić information content (AvgIpc) is 3.87. The van der Waals surface area contributed by atoms with E-state index in [0.29, 0.717) is 17.5 Å². The number of benzene rings is 6. The van der Waals surface area contributed by atoms with Crippen LogP contribution in [-0.4, -0.2) is 19.5 Å². The molecule has 0 N–H and O–H groups in total. The number of allylic oxidation sites excluding steroid dienone is 1. The van der Waals surface area contributed by atoms with Crippen LogP contribution in [0.25, 0.3) is 98.9 Å². The first-order valence-electron chi connectivity index (χ1n) is 17.2. The van der Waals surface area contributed by atoms with Crippen molar-refractivity contribution in [2.75, 3.05) is 0 Å². The van der Waals surface area contributed by atoms with E-state index in [9.17, 15) is 0 Å². The van der Waals surface area contributed by atoms with Crippen molar-refractivity contribution < 1.29 is 4.42 Å². The highest BCUT2D eigenvalue weighted by atomic mass is 32.1. The molecule has 0 saturated carbocycles. The van der Waals surface area contributed by atoms with Crippen LogP contribution in [0.4, 0.5) is 0 Å². The summed E-state index contributed by atoms with van der Waals surface area (Å²) in [4.78, 5) is 15.5. The molecule has 4 aromatic heterocycles. The number of aromatic nitrogens is 4. The Morgan fingerprint density at radius 3 is 2.22 bits per heavy atom. The lowest BCUT2D eigenvalue weighted by Crippen LogP contribution is -2.02. The summed E-state index contributed by atoms with van der Waals surface area (Å²) in [6, 6.07) is 46.7. The summed E-state index contributed by atoms with van der Waals surface area (Å²) in [5.74, 6) is 1.81. The summed E-state index contributed by atoms with van der Waals surface area (Å²) >= 11 is 1.79. The van der Waals surface area contributed by atoms with Crippen LogP contribution >= 0.6 is 11.3 Å². The van der Waals surface area contributed by atoms with E-state index < -0.39 is 0 Å². The minimum atomic E-state index is 0.577. The molecule has 0 saturated heterocycles. The van der Waals surface area contributed by atoms with Gasteiger partial charge in [-0.05, 0) is 66.9 Å². The van der Waals surface area contributed by atoms with E-state index >= 15 is 0 Å². The Balaban J connectivity index is 1.13. The van der Waals surface area contributed by atoms with Crippen molar-refractivity contribution in [3.63, 3.8) is 0 Å². The molecule has 10 aromatic rings. The number of thiophene rings is 1. The van der Waals surface area contributed by atoms with E-state index in [1.54, 1.807) is 11.3 Å². The van der Waals surface area contributed by atoms with Crippen LogP contribution in [0.5, 0.6) is 0 Å². The molecule has 0 spiro atoms. The van der Waals surface area contributed by atoms with Gasteiger partial charge in [0.15, 0.2) is 17.5 Å². The molecule has 0 radical (unpaired) electrons. The molecule has 240 valence electrons. The van der Waals surface area contributed by atoms with Crippen LogP contribution in [0.2, 0.25) is 0 Å². The molecule has 6 aromatic carbocycles. The minimum absolute atomic E-state index is 0.577. The highest BCUT2D eigenvalue weighted by molar-refractivity contribution is 7.25. The van der Waals surface area contributed by atoms with Gasteiger partial charge in [0.2, 0.25) is 0 Å². The van der Waals surface area contributed by atoms with Gasteiger partial charge in [-0.15, -0.1) is 11.3 Å². The third kappa shape index (κ3) is 4.43. The number of aryl methyl sites for hydroxylation is 1. The van der Waals surface area contributed by atoms with Gasteiger partial charge in [0.25, 0.3) is 0 Å². The highest BCUT2D eigenvalue weighted by Crippen LogP contribution is 2.39. The number of para-hydroxylation sites is 3. The third-order valence-electron chi connectivity index (χ3n) is 10.1. The third-order valence-corrected chi connectivity index (χ3v) is 11.3. The second-order valence-electron chi connectivity index (χ2n) is 13.1. The first kappa shape index (κ1) is 28.5. The Labute approximate surface area is 296 Å². The van der Waals surface area contributed by atoms with Crippen molar-refractivity contribution in [1.82, 2.24) is 19.5 Å². The van der Waals surface area contributed by atoms with Crippen molar-refractivity contribution in [1.29, 1.82) is 0 Å². The van der Waals surface area contributed by atoms with Crippen molar-refractivity contribution in [3.05, 3.63) is 151 Å². The average molecular weight is 673 g/mol. The Bertz CT molecular complexity index is 3050. The zero-order valence-electron chi connectivity index (χ0n) is 27.4. The van der Waals surface area contributed by atoms with Crippen molar-refractivity contribution >= 4 is 70.4 Å². The molecular weight excluding hydrogens is 645 g/mol. The Morgan fingerprint density at radius 1 is 0.569 bits per heavy atom. The Morgan fingerprint density at radius 2 is 1.29 bits per heavy atom. The number of hydrogen-bond acceptors (Lipinski definition) is 5. The monoisotopic (exact) mass is 672 g/mol. The fourth-order valence-electron chi connectivity index (χ4n) is 7.79. The molecule has 0 bridgehead atoms. The Kier molecular flexibility index (Phi) is 6.18. The lowest BCUT2D eigenvalue weighted by atomic mass is 10.0. The normalized spacial score (nSPS) is 12.9. The molecule has 51 heavy (non-hydrogen) atoms. The second kappa shape index (κ2) is 11.1. The van der Waals surface area contributed by atoms with Gasteiger partial charge in [-0.3, -0.25) is 0 Å². The number of nitrogens with zero attached hydrogens (tertiary/aromatic N) is 4. The number of hydrogen-bond donors (Lipinski definition) is 0. The number of rotatable bonds is 4. The highest BCUT2D eigenvalue weighted by Gasteiger charge is 2.21. The maximum atomic E-state index is 6.47. The van der Waals surface area contributed by atoms with Crippen molar-refractivity contribution in [3.8, 4) is 39.9 Å². The molecule has 4 heterocycles. The predicted molar refractivity (Wildman–Crippen MR) is 210 cm³/mol. The molecular formula is C45H28N4OS. The first-order valence-corrected chi connectivity index (χ1v) is 18.1. The van der Waals surface area contributed by atoms with Crippen LogP contribution in [0.3, 0.4) is 0 Å². The lowest BCUT2D eigenvalue weighted by molar-refractivity contribution is 0.669. The van der Waals surface area contributed by atoms with Gasteiger partial charge in [0.1, 0.15) is 11.2 Å². The van der Waals surface area contributed by atoms with E-state index in [-0.39, 0.29) is 0 Å². The summed E-state index contributed by atoms with van der Waals surface area (Å²) in [5.41, 5.74) is 9.24. The quantitative estimate of drug-likeness (QED) is 0.187. The summed E-state index contributed by atoms with van der Waals surface area (Å²) in [6.45, 7) is 0. The van der Waals surface area contributed by atoms with E-state index in [1.807, 2.05) is 24.3 Å². The van der Waals surface area contributed by atoms with Crippen LogP contribution in [0, 0.1) is 0 Å². The molecule has 11 rings (SSSR count). The van der Waals surface area contributed by atoms with Gasteiger partial charge in [0, 0.05) is 58.8 Å². The van der Waals surface area contributed by atoms with Gasteiger partial charge < -0.3 is 8.98 Å². The van der Waals surface area contributed by atoms with Gasteiger partial charge >= 0.3 is 0 Å². The standard InChI is InChI=1S/C45H28N4OS/c1-5-19-37-30(13-1)31-14-2-6-20-38(31)49(37)29-12-9-11-27(25-29)43-46-44(28-23-24-34-33-16-4-8-22-40(33)51-41(34)26-28)48-45(47-43)36-18-10-17-35-32-15-3-7-21-39(32)50-42(35)36/h1,3-13,15-26H,2,14H2. The van der Waals surface area contributed by atoms with Crippen LogP contribution < -0.4 is 0 Å². The molecule has 0 aliphatic heterocycles. The first-order chi connectivity index (χ1) is 25.3. The minimum Gasteiger partial charge on any atom is -0.455 e. The lowest BCUT2D eigenvalue weighted by Gasteiger charge is -2.14. The number of furan rings is 1. The van der Waals surface area contributed by atoms with E-state index in [4.69, 9.17) is 19.4 Å². The number of fused-ring (bicyclic) bond motifs is 9. The zero-order valence-corrected chi connectivity index (χ0v) is 28.2. The van der Waals surface area contributed by atoms with Crippen LogP contribution in [0.1, 0.15) is 17.7 Å². The van der Waals surface area contributed by atoms with Gasteiger partial charge in [-0.2, -0.15) is 0 Å². The molecule has 1 aliphatic rings. The molecule has 0 unspecified atom stereocenters. The largest absolute Gasteiger partial charge is 0.455 e. The summed E-state index contributed by atoms with van der Waals surface area (Å²) in [7, 11) is 0. The fourth-order valence-corrected chi connectivity index (χ4v) is 8.94. The topological polar surface area (TPSA) is 56.7 Å². The predicted octanol–water partition coefficient (Wildman–Crippen LogP) is 12.0. The van der Waals surface area contributed by atoms with E-state index in [0.717, 1.165) is 57.2 Å². The molecule has 0 amide bonds. The van der Waals surface area contributed by atoms with Crippen LogP contribution in [-0.2, 0) is 6.42 Å². The van der Waals surface area contributed by atoms with E-state index in [2.05, 4.69) is 126 Å². The van der Waals surface area contributed by atoms with Crippen LogP contribution in [0.15, 0.2) is 144 Å². The molecule has 1 aliphatic carbocycles. The van der Waals surface area contributed by atoms with Gasteiger partial charge in [-0.1, -0.05) is 97.1 Å². The summed E-state index contributed by atoms with van der Waals surface area (Å²) in [6.07, 6.45) is 6.64. The maximum Gasteiger partial charge on any atom is 0.167 e. The fraction of sp³-hybridized carbons (Fsp3) is 0.0444. The van der Waals surface area contributed by atoms with Crippen molar-refractivity contribution in [2.45, 2.75) is 12.8 Å². The molecule has 5 nitrogen and oxygen atoms in total. The van der Waals surface area contributed by atoms with Crippen molar-refractivity contribution in [2.24, 2.45) is 0 Å². The SMILES string of the molecule is C1=Cc2c(c3ccccc3n2-c2cccc(-c3nc(-c4ccc5c(c4)sc4ccccc45)nc(-c4cccc5c4oc4ccccc45)n3)c2)CC1. The molecule has 0 fully saturated rings. The summed E-state index contributed by atoms with van der Waals surface area (Å²) in [5, 5.41) is 5.93.